The molecule has 0 aliphatic rings. The summed E-state index contributed by atoms with van der Waals surface area (Å²) in [7, 11) is 0. The van der Waals surface area contributed by atoms with Gasteiger partial charge in [-0.3, -0.25) is 4.79 Å². The molecule has 0 radical (unpaired) electrons. The molecule has 0 heterocycles. The molecule has 0 aliphatic carbocycles. The van der Waals surface area contributed by atoms with Crippen molar-refractivity contribution in [1.82, 2.24) is 5.32 Å². The number of carbonyl (C=O) groups is 1. The summed E-state index contributed by atoms with van der Waals surface area (Å²) in [5.41, 5.74) is 1.09. The quantitative estimate of drug-likeness (QED) is 0.757. The van der Waals surface area contributed by atoms with Gasteiger partial charge in [-0.2, -0.15) is 0 Å². The predicted molar refractivity (Wildman–Crippen MR) is 77.9 cm³/mol. The van der Waals surface area contributed by atoms with Crippen LogP contribution in [0.1, 0.15) is 38.7 Å². The summed E-state index contributed by atoms with van der Waals surface area (Å²) in [4.78, 5) is 11.7. The van der Waals surface area contributed by atoms with Crippen LogP contribution in [0.25, 0.3) is 0 Å². The molecule has 106 valence electrons. The Kier molecular flexibility index (Phi) is 7.19. The van der Waals surface area contributed by atoms with E-state index in [-0.39, 0.29) is 5.91 Å². The first-order valence-corrected chi connectivity index (χ1v) is 7.10. The van der Waals surface area contributed by atoms with Crippen LogP contribution < -0.4 is 5.32 Å². The summed E-state index contributed by atoms with van der Waals surface area (Å²) < 4.78 is 0. The number of amides is 1. The minimum absolute atomic E-state index is 0.0352. The summed E-state index contributed by atoms with van der Waals surface area (Å²) in [6.45, 7) is 4.54. The third-order valence-corrected chi connectivity index (χ3v) is 3.16. The number of nitrogens with one attached hydrogen (secondary N) is 1. The summed E-state index contributed by atoms with van der Waals surface area (Å²) >= 11 is 0. The summed E-state index contributed by atoms with van der Waals surface area (Å²) in [6, 6.07) is 9.82. The Labute approximate surface area is 116 Å². The van der Waals surface area contributed by atoms with Crippen molar-refractivity contribution in [3.63, 3.8) is 0 Å². The van der Waals surface area contributed by atoms with Gasteiger partial charge in [0.15, 0.2) is 0 Å². The average molecular weight is 263 g/mol. The van der Waals surface area contributed by atoms with Crippen LogP contribution in [0, 0.1) is 5.92 Å². The molecule has 3 nitrogen and oxygen atoms in total. The van der Waals surface area contributed by atoms with Gasteiger partial charge in [-0.15, -0.1) is 0 Å². The number of aliphatic hydroxyl groups is 1. The minimum Gasteiger partial charge on any atom is -0.391 e. The molecule has 0 fully saturated rings. The first-order valence-electron chi connectivity index (χ1n) is 7.10. The van der Waals surface area contributed by atoms with Crippen molar-refractivity contribution in [2.45, 2.75) is 45.6 Å². The Balaban J connectivity index is 2.22. The van der Waals surface area contributed by atoms with Crippen molar-refractivity contribution < 1.29 is 9.90 Å². The second-order valence-corrected chi connectivity index (χ2v) is 5.25. The molecule has 0 saturated carbocycles. The molecule has 2 unspecified atom stereocenters. The third-order valence-electron chi connectivity index (χ3n) is 3.16. The highest BCUT2D eigenvalue weighted by Gasteiger charge is 2.10. The van der Waals surface area contributed by atoms with Crippen molar-refractivity contribution >= 4 is 5.91 Å². The van der Waals surface area contributed by atoms with Crippen LogP contribution in [0.4, 0.5) is 0 Å². The van der Waals surface area contributed by atoms with Gasteiger partial charge in [0, 0.05) is 19.4 Å². The molecule has 1 amide bonds. The van der Waals surface area contributed by atoms with Gasteiger partial charge >= 0.3 is 0 Å². The molecule has 3 heteroatoms. The fourth-order valence-electron chi connectivity index (χ4n) is 2.17. The summed E-state index contributed by atoms with van der Waals surface area (Å²) in [6.07, 6.45) is 2.77. The lowest BCUT2D eigenvalue weighted by Crippen LogP contribution is -2.33. The molecule has 1 aromatic carbocycles. The predicted octanol–water partition coefficient (Wildman–Crippen LogP) is 2.53. The topological polar surface area (TPSA) is 49.3 Å². The Hall–Kier alpha value is -1.35. The van der Waals surface area contributed by atoms with Crippen molar-refractivity contribution in [3.8, 4) is 0 Å². The van der Waals surface area contributed by atoms with E-state index >= 15 is 0 Å². The van der Waals surface area contributed by atoms with Gasteiger partial charge in [-0.1, -0.05) is 57.0 Å². The largest absolute Gasteiger partial charge is 0.391 e. The van der Waals surface area contributed by atoms with E-state index in [1.165, 1.54) is 0 Å². The maximum Gasteiger partial charge on any atom is 0.220 e. The van der Waals surface area contributed by atoms with Crippen LogP contribution in [0.2, 0.25) is 0 Å². The van der Waals surface area contributed by atoms with Crippen LogP contribution >= 0.6 is 0 Å². The molecular formula is C16H25NO2. The summed E-state index contributed by atoms with van der Waals surface area (Å²) in [5.74, 6) is 0.448. The van der Waals surface area contributed by atoms with E-state index in [9.17, 15) is 9.90 Å². The molecule has 0 bridgehead atoms. The van der Waals surface area contributed by atoms with E-state index in [1.54, 1.807) is 0 Å². The maximum atomic E-state index is 11.7. The Morgan fingerprint density at radius 2 is 2.00 bits per heavy atom. The Morgan fingerprint density at radius 3 is 2.63 bits per heavy atom. The average Bonchev–Trinajstić information content (AvgIpc) is 2.38. The molecule has 2 N–H and O–H groups in total. The van der Waals surface area contributed by atoms with E-state index in [1.807, 2.05) is 30.3 Å². The molecule has 0 aromatic heterocycles. The fraction of sp³-hybridized carbons (Fsp3) is 0.562. The van der Waals surface area contributed by atoms with E-state index in [0.717, 1.165) is 18.4 Å². The van der Waals surface area contributed by atoms with Crippen LogP contribution in [-0.4, -0.2) is 23.7 Å². The second-order valence-electron chi connectivity index (χ2n) is 5.25. The van der Waals surface area contributed by atoms with E-state index in [4.69, 9.17) is 0 Å². The number of hydrogen-bond donors (Lipinski definition) is 2. The monoisotopic (exact) mass is 263 g/mol. The zero-order chi connectivity index (χ0) is 14.1. The van der Waals surface area contributed by atoms with Crippen LogP contribution in [0.3, 0.4) is 0 Å². The molecule has 0 saturated heterocycles. The highest BCUT2D eigenvalue weighted by atomic mass is 16.3. The molecule has 2 atom stereocenters. The van der Waals surface area contributed by atoms with Gasteiger partial charge in [0.2, 0.25) is 5.91 Å². The minimum atomic E-state index is -0.521. The van der Waals surface area contributed by atoms with Gasteiger partial charge in [0.1, 0.15) is 0 Å². The highest BCUT2D eigenvalue weighted by Crippen LogP contribution is 2.09. The maximum absolute atomic E-state index is 11.7. The van der Waals surface area contributed by atoms with Gasteiger partial charge in [0.05, 0.1) is 6.10 Å². The van der Waals surface area contributed by atoms with Crippen molar-refractivity contribution in [2.24, 2.45) is 5.92 Å². The van der Waals surface area contributed by atoms with Gasteiger partial charge in [-0.25, -0.2) is 0 Å². The number of rotatable bonds is 8. The molecule has 0 spiro atoms. The molecular weight excluding hydrogens is 238 g/mol. The third kappa shape index (κ3) is 6.97. The Bertz CT molecular complexity index is 364. The SMILES string of the molecule is CCCC(C)CC(=O)NCC(O)Cc1ccccc1. The first-order chi connectivity index (χ1) is 9.11. The lowest BCUT2D eigenvalue weighted by molar-refractivity contribution is -0.122. The normalized spacial score (nSPS) is 13.8. The van der Waals surface area contributed by atoms with Crippen LogP contribution in [0.15, 0.2) is 30.3 Å². The van der Waals surface area contributed by atoms with Crippen molar-refractivity contribution in [1.29, 1.82) is 0 Å². The van der Waals surface area contributed by atoms with Crippen molar-refractivity contribution in [2.75, 3.05) is 6.54 Å². The molecule has 1 aromatic rings. The molecule has 0 aliphatic heterocycles. The van der Waals surface area contributed by atoms with E-state index in [2.05, 4.69) is 19.2 Å². The van der Waals surface area contributed by atoms with Gasteiger partial charge < -0.3 is 10.4 Å². The van der Waals surface area contributed by atoms with Gasteiger partial charge in [-0.05, 0) is 11.5 Å². The molecule has 19 heavy (non-hydrogen) atoms. The smallest absolute Gasteiger partial charge is 0.220 e. The zero-order valence-electron chi connectivity index (χ0n) is 11.9. The number of hydrogen-bond acceptors (Lipinski definition) is 2. The lowest BCUT2D eigenvalue weighted by Gasteiger charge is -2.14. The van der Waals surface area contributed by atoms with Gasteiger partial charge in [0.25, 0.3) is 0 Å². The first kappa shape index (κ1) is 15.7. The van der Waals surface area contributed by atoms with E-state index < -0.39 is 6.10 Å². The van der Waals surface area contributed by atoms with Crippen LogP contribution in [-0.2, 0) is 11.2 Å². The molecule has 1 rings (SSSR count). The second kappa shape index (κ2) is 8.70. The number of carbonyl (C=O) groups excluding carboxylic acids is 1. The van der Waals surface area contributed by atoms with Crippen molar-refractivity contribution in [3.05, 3.63) is 35.9 Å². The highest BCUT2D eigenvalue weighted by molar-refractivity contribution is 5.76. The number of benzene rings is 1. The zero-order valence-corrected chi connectivity index (χ0v) is 11.9. The fourth-order valence-corrected chi connectivity index (χ4v) is 2.17. The summed E-state index contributed by atoms with van der Waals surface area (Å²) in [5, 5.41) is 12.7. The van der Waals surface area contributed by atoms with Crippen LogP contribution in [0.5, 0.6) is 0 Å². The lowest BCUT2D eigenvalue weighted by atomic mass is 10.0. The standard InChI is InChI=1S/C16H25NO2/c1-3-7-13(2)10-16(19)17-12-15(18)11-14-8-5-4-6-9-14/h4-6,8-9,13,15,18H,3,7,10-12H2,1-2H3,(H,17,19). The number of aliphatic hydroxyl groups excluding tert-OH is 1. The Morgan fingerprint density at radius 1 is 1.32 bits per heavy atom. The van der Waals surface area contributed by atoms with E-state index in [0.29, 0.717) is 25.3 Å².